The van der Waals surface area contributed by atoms with Gasteiger partial charge in [-0.3, -0.25) is 19.9 Å². The Kier molecular flexibility index (Phi) is 234. The van der Waals surface area contributed by atoms with Crippen LogP contribution >= 0.6 is 0 Å². The molecule has 87 heavy (non-hydrogen) atoms. The molecule has 18 heteroatoms. The molecule has 0 bridgehead atoms. The standard InChI is InChI=1S/C25H27.C8H8.4C5H5N.C3H7.4C2H6.5CH4.6ClH.8Li/c1-2-22(23-14-8-4-9-15-23)20-25(24-16-10-5-11-17-24)19-18-21-12-6-3-7-13-21;1-2-8-6-4-3-5-7-8;4*1-2-4-6-5-3-1;1-3-2;4*1-2;;;;;;;;;;;;;;;;;;;/h3-18,22,25H,2,19-20H2,1H3;2-7H,1H2;4*1-5H;3H,1-2H3;4*1-2H3;5*1H4;6*1H;;;;;;;;/q-1;;;;;;-1;;;;;;;;;;;;;;;;8*+1/p-6. The van der Waals surface area contributed by atoms with Gasteiger partial charge in [-0.25, -0.2) is 0 Å². The van der Waals surface area contributed by atoms with Crippen molar-refractivity contribution in [2.24, 2.45) is 0 Å². The molecular weight excluding hydrogens is 1150 g/mol. The number of benzene rings is 4. The van der Waals surface area contributed by atoms with Gasteiger partial charge >= 0.3 is 151 Å². The van der Waals surface area contributed by atoms with E-state index in [1.165, 1.54) is 35.1 Å². The van der Waals surface area contributed by atoms with Crippen LogP contribution in [-0.4, -0.2) is 19.9 Å². The molecule has 2 unspecified atom stereocenters. The van der Waals surface area contributed by atoms with Gasteiger partial charge in [-0.1, -0.05) is 240 Å². The van der Waals surface area contributed by atoms with Gasteiger partial charge in [0, 0.05) is 49.6 Å². The molecule has 0 aliphatic carbocycles. The van der Waals surface area contributed by atoms with E-state index in [0.29, 0.717) is 11.8 Å². The molecule has 4 nitrogen and oxygen atoms in total. The van der Waals surface area contributed by atoms with Gasteiger partial charge < -0.3 is 80.9 Å². The van der Waals surface area contributed by atoms with Crippen LogP contribution in [0.5, 0.6) is 0 Å². The van der Waals surface area contributed by atoms with Crippen LogP contribution in [0.3, 0.4) is 0 Å². The summed E-state index contributed by atoms with van der Waals surface area (Å²) in [7, 11) is 0. The third-order valence-electron chi connectivity index (χ3n) is 8.34. The van der Waals surface area contributed by atoms with Crippen molar-refractivity contribution >= 4 is 6.08 Å². The molecular formula is C69H106Cl6Li8N4. The first-order valence-corrected chi connectivity index (χ1v) is 24.5. The molecule has 4 heterocycles. The maximum Gasteiger partial charge on any atom is 1.00 e. The van der Waals surface area contributed by atoms with E-state index >= 15 is 0 Å². The summed E-state index contributed by atoms with van der Waals surface area (Å²) in [6.07, 6.45) is 23.7. The third-order valence-corrected chi connectivity index (χ3v) is 8.34. The van der Waals surface area contributed by atoms with E-state index in [1.54, 1.807) is 49.6 Å². The topological polar surface area (TPSA) is 51.6 Å². The molecule has 452 valence electrons. The van der Waals surface area contributed by atoms with Gasteiger partial charge in [0.2, 0.25) is 0 Å². The van der Waals surface area contributed by atoms with Gasteiger partial charge in [-0.2, -0.15) is 38.0 Å². The van der Waals surface area contributed by atoms with Crippen LogP contribution in [-0.2, 0) is 0 Å². The minimum atomic E-state index is 0. The molecule has 8 rings (SSSR count). The smallest absolute Gasteiger partial charge is 1.00 e. The van der Waals surface area contributed by atoms with Crippen molar-refractivity contribution in [1.82, 2.24) is 19.9 Å². The monoisotopic (exact) mass is 1260 g/mol. The molecule has 0 saturated carbocycles. The SMILES string of the molecule is C.C.C.C.C.C=Cc1ccccc1.CC.CC.CC.CC.CCC(CC(C[CH-]c1ccccc1)c1ccccc1)c1ccccc1.C[CH-]C.[Cl-].[Cl-].[Cl-].[Cl-].[Cl-].[Cl-].[Li+].[Li+].[Li+].[Li+].[Li+].[Li+].[Li+].[Li+].c1ccncc1.c1ccncc1.c1ccncc1.c1ccncc1. The second kappa shape index (κ2) is 134. The molecule has 0 amide bonds. The first-order valence-electron chi connectivity index (χ1n) is 24.5. The van der Waals surface area contributed by atoms with Crippen molar-refractivity contribution < 1.29 is 225 Å². The number of rotatable bonds is 9. The van der Waals surface area contributed by atoms with E-state index in [9.17, 15) is 0 Å². The van der Waals surface area contributed by atoms with Crippen LogP contribution < -0.4 is 225 Å². The van der Waals surface area contributed by atoms with Crippen molar-refractivity contribution in [3.63, 3.8) is 0 Å². The molecule has 0 aliphatic heterocycles. The summed E-state index contributed by atoms with van der Waals surface area (Å²) in [5.74, 6) is 1.15. The summed E-state index contributed by atoms with van der Waals surface area (Å²) < 4.78 is 0. The van der Waals surface area contributed by atoms with Gasteiger partial charge in [-0.15, -0.1) is 12.1 Å². The number of hydrogen-bond acceptors (Lipinski definition) is 4. The fraction of sp³-hybridized carbons (Fsp3) is 0.304. The predicted molar refractivity (Wildman–Crippen MR) is 336 cm³/mol. The Morgan fingerprint density at radius 1 is 0.345 bits per heavy atom. The van der Waals surface area contributed by atoms with Crippen molar-refractivity contribution in [3.05, 3.63) is 285 Å². The fourth-order valence-corrected chi connectivity index (χ4v) is 5.41. The molecule has 0 N–H and O–H groups in total. The van der Waals surface area contributed by atoms with E-state index in [0.717, 1.165) is 6.42 Å². The zero-order chi connectivity index (χ0) is 50.8. The summed E-state index contributed by atoms with van der Waals surface area (Å²) in [4.78, 5) is 15.1. The second-order valence-corrected chi connectivity index (χ2v) is 13.0. The van der Waals surface area contributed by atoms with E-state index in [-0.39, 0.29) is 262 Å². The van der Waals surface area contributed by atoms with E-state index < -0.39 is 0 Å². The second-order valence-electron chi connectivity index (χ2n) is 13.0. The van der Waals surface area contributed by atoms with E-state index in [2.05, 4.69) is 131 Å². The average Bonchev–Trinajstić information content (AvgIpc) is 3.47. The zero-order valence-corrected chi connectivity index (χ0v) is 58.4. The van der Waals surface area contributed by atoms with Crippen LogP contribution in [0.2, 0.25) is 0 Å². The molecule has 0 saturated heterocycles. The first-order chi connectivity index (χ1) is 33.7. The minimum Gasteiger partial charge on any atom is -1.00 e. The van der Waals surface area contributed by atoms with Crippen LogP contribution in [0.15, 0.2) is 250 Å². The van der Waals surface area contributed by atoms with Crippen molar-refractivity contribution in [3.8, 4) is 0 Å². The normalized spacial score (nSPS) is 7.25. The Balaban J connectivity index is -0.0000000294. The quantitative estimate of drug-likeness (QED) is 0.107. The first kappa shape index (κ1) is 152. The fourth-order valence-electron chi connectivity index (χ4n) is 5.41. The van der Waals surface area contributed by atoms with E-state index in [1.807, 2.05) is 185 Å². The maximum absolute atomic E-state index is 3.78. The van der Waals surface area contributed by atoms with Gasteiger partial charge in [0.25, 0.3) is 0 Å². The summed E-state index contributed by atoms with van der Waals surface area (Å²) in [5, 5.41) is 0. The molecule has 4 aromatic carbocycles. The molecule has 0 fully saturated rings. The zero-order valence-electron chi connectivity index (χ0n) is 53.9. The molecule has 8 aromatic rings. The van der Waals surface area contributed by atoms with Gasteiger partial charge in [0.15, 0.2) is 0 Å². The summed E-state index contributed by atoms with van der Waals surface area (Å²) >= 11 is 0. The van der Waals surface area contributed by atoms with Gasteiger partial charge in [0.05, 0.1) is 0 Å². The van der Waals surface area contributed by atoms with Crippen LogP contribution in [0.25, 0.3) is 6.08 Å². The third kappa shape index (κ3) is 102. The molecule has 0 spiro atoms. The van der Waals surface area contributed by atoms with Gasteiger partial charge in [0.1, 0.15) is 0 Å². The molecule has 0 radical (unpaired) electrons. The van der Waals surface area contributed by atoms with E-state index in [4.69, 9.17) is 0 Å². The van der Waals surface area contributed by atoms with Crippen molar-refractivity contribution in [2.75, 3.05) is 0 Å². The number of halogens is 6. The Morgan fingerprint density at radius 2 is 0.552 bits per heavy atom. The Labute approximate surface area is 673 Å². The Bertz CT molecular complexity index is 1840. The molecule has 2 atom stereocenters. The summed E-state index contributed by atoms with van der Waals surface area (Å²) in [6.45, 7) is 25.9. The van der Waals surface area contributed by atoms with Gasteiger partial charge in [-0.05, 0) is 89.9 Å². The predicted octanol–water partition coefficient (Wildman–Crippen LogP) is -19.8. The van der Waals surface area contributed by atoms with Crippen LogP contribution in [0.1, 0.15) is 167 Å². The van der Waals surface area contributed by atoms with Crippen molar-refractivity contribution in [1.29, 1.82) is 0 Å². The van der Waals surface area contributed by atoms with Crippen molar-refractivity contribution in [2.45, 2.75) is 144 Å². The molecule has 0 aliphatic rings. The number of pyridine rings is 4. The minimum absolute atomic E-state index is 0. The maximum atomic E-state index is 3.78. The summed E-state index contributed by atoms with van der Waals surface area (Å²) in [5.41, 5.74) is 5.40. The Morgan fingerprint density at radius 3 is 0.736 bits per heavy atom. The largest absolute Gasteiger partial charge is 1.00 e. The Hall–Kier alpha value is -0.391. The summed E-state index contributed by atoms with van der Waals surface area (Å²) in [6, 6.07) is 65.5. The van der Waals surface area contributed by atoms with Crippen LogP contribution in [0, 0.1) is 12.8 Å². The van der Waals surface area contributed by atoms with Crippen LogP contribution in [0.4, 0.5) is 0 Å². The molecule has 4 aromatic heterocycles. The number of hydrogen-bond donors (Lipinski definition) is 0. The number of nitrogens with zero attached hydrogens (tertiary/aromatic N) is 4. The number of aromatic nitrogens is 4. The average molecular weight is 1260 g/mol.